The summed E-state index contributed by atoms with van der Waals surface area (Å²) >= 11 is 0. The minimum absolute atomic E-state index is 0.0104. The molecule has 166 valence electrons. The van der Waals surface area contributed by atoms with Crippen LogP contribution in [0.1, 0.15) is 22.3 Å². The van der Waals surface area contributed by atoms with Gasteiger partial charge in [0.1, 0.15) is 5.75 Å². The molecule has 0 unspecified atom stereocenters. The van der Waals surface area contributed by atoms with E-state index in [1.54, 1.807) is 48.5 Å². The van der Waals surface area contributed by atoms with E-state index in [1.165, 1.54) is 0 Å². The van der Waals surface area contributed by atoms with Gasteiger partial charge < -0.3 is 10.1 Å². The molecule has 0 saturated heterocycles. The first kappa shape index (κ1) is 23.0. The third-order valence-corrected chi connectivity index (χ3v) is 4.59. The second-order valence-electron chi connectivity index (χ2n) is 6.97. The van der Waals surface area contributed by atoms with Crippen molar-refractivity contribution < 1.29 is 19.1 Å². The van der Waals surface area contributed by atoms with Gasteiger partial charge in [0, 0.05) is 18.5 Å². The highest BCUT2D eigenvalue weighted by atomic mass is 16.5. The van der Waals surface area contributed by atoms with E-state index >= 15 is 0 Å². The number of ether oxygens (including phenoxy) is 1. The molecule has 0 aliphatic rings. The fourth-order valence-electron chi connectivity index (χ4n) is 2.85. The van der Waals surface area contributed by atoms with Crippen LogP contribution >= 0.6 is 0 Å². The molecule has 0 aromatic heterocycles. The Bertz CT molecular complexity index is 1140. The zero-order valence-corrected chi connectivity index (χ0v) is 17.7. The van der Waals surface area contributed by atoms with E-state index in [2.05, 4.69) is 22.2 Å². The molecule has 0 heterocycles. The summed E-state index contributed by atoms with van der Waals surface area (Å²) in [6.45, 7) is -0.140. The number of nitrogens with zero attached hydrogens (tertiary/aromatic N) is 1. The van der Waals surface area contributed by atoms with Crippen LogP contribution in [-0.2, 0) is 9.59 Å². The summed E-state index contributed by atoms with van der Waals surface area (Å²) in [5, 5.41) is 11.5. The van der Waals surface area contributed by atoms with E-state index in [0.29, 0.717) is 16.9 Å². The van der Waals surface area contributed by atoms with Crippen molar-refractivity contribution in [3.05, 3.63) is 90.0 Å². The molecule has 0 saturated carbocycles. The number of benzene rings is 3. The molecule has 3 rings (SSSR count). The minimum Gasteiger partial charge on any atom is -0.484 e. The number of hydrazine groups is 1. The van der Waals surface area contributed by atoms with E-state index < -0.39 is 11.8 Å². The second-order valence-corrected chi connectivity index (χ2v) is 6.97. The summed E-state index contributed by atoms with van der Waals surface area (Å²) in [4.78, 5) is 35.6. The predicted octanol–water partition coefficient (Wildman–Crippen LogP) is 2.57. The first-order valence-corrected chi connectivity index (χ1v) is 10.2. The smallest absolute Gasteiger partial charge is 0.276 e. The quantitative estimate of drug-likeness (QED) is 0.463. The Balaban J connectivity index is 1.34. The van der Waals surface area contributed by atoms with E-state index in [0.717, 1.165) is 11.1 Å². The van der Waals surface area contributed by atoms with Crippen LogP contribution in [0.15, 0.2) is 78.9 Å². The Labute approximate surface area is 191 Å². The Morgan fingerprint density at radius 1 is 0.788 bits per heavy atom. The molecule has 0 atom stereocenters. The van der Waals surface area contributed by atoms with Gasteiger partial charge in [-0.1, -0.05) is 42.5 Å². The average Bonchev–Trinajstić information content (AvgIpc) is 2.87. The largest absolute Gasteiger partial charge is 0.484 e. The molecule has 0 bridgehead atoms. The van der Waals surface area contributed by atoms with E-state index in [9.17, 15) is 14.4 Å². The highest BCUT2D eigenvalue weighted by molar-refractivity contribution is 5.94. The molecule has 3 amide bonds. The van der Waals surface area contributed by atoms with Crippen molar-refractivity contribution in [1.29, 1.82) is 5.26 Å². The molecule has 0 aliphatic carbocycles. The van der Waals surface area contributed by atoms with Crippen LogP contribution in [0.4, 0.5) is 0 Å². The number of hydrogen-bond acceptors (Lipinski definition) is 5. The second kappa shape index (κ2) is 11.7. The first-order valence-electron chi connectivity index (χ1n) is 10.2. The van der Waals surface area contributed by atoms with Gasteiger partial charge in [0.05, 0.1) is 11.6 Å². The van der Waals surface area contributed by atoms with Crippen molar-refractivity contribution >= 4 is 17.7 Å². The lowest BCUT2D eigenvalue weighted by molar-refractivity contribution is -0.129. The highest BCUT2D eigenvalue weighted by Crippen LogP contribution is 2.22. The molecule has 3 N–H and O–H groups in total. The Kier molecular flexibility index (Phi) is 8.15. The summed E-state index contributed by atoms with van der Waals surface area (Å²) in [7, 11) is 0. The van der Waals surface area contributed by atoms with Gasteiger partial charge in [-0.3, -0.25) is 25.2 Å². The molecule has 3 aromatic rings. The minimum atomic E-state index is -0.521. The molecule has 8 nitrogen and oxygen atoms in total. The first-order chi connectivity index (χ1) is 16.0. The van der Waals surface area contributed by atoms with Crippen LogP contribution in [0.25, 0.3) is 11.1 Å². The molecular formula is C25H22N4O4. The number of carbonyl (C=O) groups is 3. The van der Waals surface area contributed by atoms with Gasteiger partial charge in [-0.05, 0) is 47.5 Å². The van der Waals surface area contributed by atoms with Crippen molar-refractivity contribution in [2.75, 3.05) is 13.2 Å². The number of nitrogens with one attached hydrogen (secondary N) is 3. The molecule has 0 spiro atoms. The lowest BCUT2D eigenvalue weighted by Gasteiger charge is -2.10. The maximum atomic E-state index is 11.9. The van der Waals surface area contributed by atoms with Gasteiger partial charge in [-0.15, -0.1) is 0 Å². The Morgan fingerprint density at radius 2 is 1.39 bits per heavy atom. The summed E-state index contributed by atoms with van der Waals surface area (Å²) in [5.41, 5.74) is 7.55. The summed E-state index contributed by atoms with van der Waals surface area (Å²) < 4.78 is 5.43. The SMILES string of the molecule is N#Cc1ccc(-c2ccc(OCC(=O)NNC(=O)CCNC(=O)c3ccccc3)cc2)cc1. The molecule has 3 aromatic carbocycles. The zero-order valence-electron chi connectivity index (χ0n) is 17.7. The van der Waals surface area contributed by atoms with Crippen molar-refractivity contribution in [3.8, 4) is 22.9 Å². The molecule has 0 fully saturated rings. The molecule has 33 heavy (non-hydrogen) atoms. The molecular weight excluding hydrogens is 420 g/mol. The van der Waals surface area contributed by atoms with Gasteiger partial charge in [-0.2, -0.15) is 5.26 Å². The normalized spacial score (nSPS) is 9.91. The fourth-order valence-corrected chi connectivity index (χ4v) is 2.85. The number of nitriles is 1. The third kappa shape index (κ3) is 7.22. The lowest BCUT2D eigenvalue weighted by atomic mass is 10.0. The number of carbonyl (C=O) groups excluding carboxylic acids is 3. The van der Waals surface area contributed by atoms with Gasteiger partial charge >= 0.3 is 0 Å². The van der Waals surface area contributed by atoms with Gasteiger partial charge in [0.15, 0.2) is 6.61 Å². The van der Waals surface area contributed by atoms with Crippen molar-refractivity contribution in [2.45, 2.75) is 6.42 Å². The predicted molar refractivity (Wildman–Crippen MR) is 122 cm³/mol. The molecule has 0 radical (unpaired) electrons. The number of amides is 3. The zero-order chi connectivity index (χ0) is 23.5. The summed E-state index contributed by atoms with van der Waals surface area (Å²) in [6.07, 6.45) is 0.0104. The van der Waals surface area contributed by atoms with E-state index in [-0.39, 0.29) is 25.5 Å². The average molecular weight is 442 g/mol. The van der Waals surface area contributed by atoms with Crippen LogP contribution < -0.4 is 20.9 Å². The summed E-state index contributed by atoms with van der Waals surface area (Å²) in [6, 6.07) is 25.1. The van der Waals surface area contributed by atoms with Gasteiger partial charge in [0.25, 0.3) is 11.8 Å². The lowest BCUT2D eigenvalue weighted by Crippen LogP contribution is -2.44. The van der Waals surface area contributed by atoms with Crippen LogP contribution in [0, 0.1) is 11.3 Å². The Morgan fingerprint density at radius 3 is 2.03 bits per heavy atom. The Hall–Kier alpha value is -4.64. The van der Waals surface area contributed by atoms with Crippen LogP contribution in [-0.4, -0.2) is 30.9 Å². The van der Waals surface area contributed by atoms with Gasteiger partial charge in [-0.25, -0.2) is 0 Å². The maximum absolute atomic E-state index is 11.9. The molecule has 0 aliphatic heterocycles. The van der Waals surface area contributed by atoms with Crippen molar-refractivity contribution in [3.63, 3.8) is 0 Å². The van der Waals surface area contributed by atoms with Crippen LogP contribution in [0.5, 0.6) is 5.75 Å². The third-order valence-electron chi connectivity index (χ3n) is 4.59. The number of rotatable bonds is 8. The van der Waals surface area contributed by atoms with Crippen molar-refractivity contribution in [2.24, 2.45) is 0 Å². The van der Waals surface area contributed by atoms with Crippen LogP contribution in [0.3, 0.4) is 0 Å². The van der Waals surface area contributed by atoms with Crippen LogP contribution in [0.2, 0.25) is 0 Å². The molecule has 8 heteroatoms. The van der Waals surface area contributed by atoms with E-state index in [4.69, 9.17) is 10.00 Å². The fraction of sp³-hybridized carbons (Fsp3) is 0.120. The highest BCUT2D eigenvalue weighted by Gasteiger charge is 2.08. The van der Waals surface area contributed by atoms with Crippen molar-refractivity contribution in [1.82, 2.24) is 16.2 Å². The monoisotopic (exact) mass is 442 g/mol. The maximum Gasteiger partial charge on any atom is 0.276 e. The topological polar surface area (TPSA) is 120 Å². The standard InChI is InChI=1S/C25H22N4O4/c26-16-18-6-8-19(9-7-18)20-10-12-22(13-11-20)33-17-24(31)29-28-23(30)14-15-27-25(32)21-4-2-1-3-5-21/h1-13H,14-15,17H2,(H,27,32)(H,28,30)(H,29,31). The summed E-state index contributed by atoms with van der Waals surface area (Å²) in [5.74, 6) is -0.736. The van der Waals surface area contributed by atoms with Gasteiger partial charge in [0.2, 0.25) is 5.91 Å². The van der Waals surface area contributed by atoms with E-state index in [1.807, 2.05) is 30.3 Å². The number of hydrogen-bond donors (Lipinski definition) is 3.